The first-order chi connectivity index (χ1) is 6.36. The van der Waals surface area contributed by atoms with Crippen LogP contribution in [-0.4, -0.2) is 14.6 Å². The van der Waals surface area contributed by atoms with Gasteiger partial charge in [0, 0.05) is 6.20 Å². The summed E-state index contributed by atoms with van der Waals surface area (Å²) in [6, 6.07) is 0. The normalized spacial score (nSPS) is 15.2. The highest BCUT2D eigenvalue weighted by Gasteiger charge is 2.18. The van der Waals surface area contributed by atoms with Gasteiger partial charge < -0.3 is 0 Å². The number of aromatic nitrogens is 3. The lowest BCUT2D eigenvalue weighted by atomic mass is 10.2. The van der Waals surface area contributed by atoms with Gasteiger partial charge in [0.15, 0.2) is 5.15 Å². The third-order valence-corrected chi connectivity index (χ3v) is 2.87. The number of rotatable bonds is 0. The Kier molecular flexibility index (Phi) is 1.38. The Morgan fingerprint density at radius 2 is 2.31 bits per heavy atom. The lowest BCUT2D eigenvalue weighted by molar-refractivity contribution is 0.858. The van der Waals surface area contributed by atoms with Crippen LogP contribution >= 0.6 is 11.6 Å². The summed E-state index contributed by atoms with van der Waals surface area (Å²) in [5, 5.41) is 4.69. The van der Waals surface area contributed by atoms with Gasteiger partial charge in [0.25, 0.3) is 0 Å². The molecule has 0 bridgehead atoms. The van der Waals surface area contributed by atoms with E-state index in [-0.39, 0.29) is 0 Å². The second-order valence-electron chi connectivity index (χ2n) is 3.33. The minimum Gasteiger partial charge on any atom is -0.236 e. The second kappa shape index (κ2) is 2.45. The first-order valence-electron chi connectivity index (χ1n) is 4.36. The quantitative estimate of drug-likeness (QED) is 0.640. The third-order valence-electron chi connectivity index (χ3n) is 2.60. The minimum absolute atomic E-state index is 0.568. The number of nitrogens with zero attached hydrogens (tertiary/aromatic N) is 3. The van der Waals surface area contributed by atoms with E-state index in [0.717, 1.165) is 18.4 Å². The van der Waals surface area contributed by atoms with Crippen LogP contribution in [0.2, 0.25) is 5.15 Å². The van der Waals surface area contributed by atoms with Gasteiger partial charge >= 0.3 is 0 Å². The SMILES string of the molecule is Clc1ncnn2cc3c(c12)CCC3. The maximum absolute atomic E-state index is 6.01. The molecule has 0 N–H and O–H groups in total. The topological polar surface area (TPSA) is 30.2 Å². The van der Waals surface area contributed by atoms with Crippen molar-refractivity contribution < 1.29 is 0 Å². The van der Waals surface area contributed by atoms with Crippen molar-refractivity contribution in [1.29, 1.82) is 0 Å². The van der Waals surface area contributed by atoms with Crippen LogP contribution in [0, 0.1) is 0 Å². The van der Waals surface area contributed by atoms with Crippen molar-refractivity contribution in [2.24, 2.45) is 0 Å². The molecule has 0 saturated carbocycles. The van der Waals surface area contributed by atoms with Crippen LogP contribution < -0.4 is 0 Å². The summed E-state index contributed by atoms with van der Waals surface area (Å²) < 4.78 is 1.83. The van der Waals surface area contributed by atoms with Crippen LogP contribution in [0.5, 0.6) is 0 Å². The number of aryl methyl sites for hydroxylation is 2. The summed E-state index contributed by atoms with van der Waals surface area (Å²) in [5.41, 5.74) is 3.71. The summed E-state index contributed by atoms with van der Waals surface area (Å²) in [6.45, 7) is 0. The molecule has 0 aromatic carbocycles. The Balaban J connectivity index is 2.46. The van der Waals surface area contributed by atoms with Gasteiger partial charge in [-0.15, -0.1) is 0 Å². The fourth-order valence-electron chi connectivity index (χ4n) is 2.03. The molecule has 1 aliphatic carbocycles. The number of hydrogen-bond donors (Lipinski definition) is 0. The van der Waals surface area contributed by atoms with Gasteiger partial charge in [-0.05, 0) is 30.4 Å². The van der Waals surface area contributed by atoms with E-state index < -0.39 is 0 Å². The van der Waals surface area contributed by atoms with Crippen molar-refractivity contribution in [3.8, 4) is 0 Å². The molecule has 3 nitrogen and oxygen atoms in total. The zero-order chi connectivity index (χ0) is 8.84. The zero-order valence-electron chi connectivity index (χ0n) is 7.00. The molecule has 4 heteroatoms. The van der Waals surface area contributed by atoms with E-state index in [2.05, 4.69) is 16.3 Å². The highest BCUT2D eigenvalue weighted by Crippen LogP contribution is 2.29. The van der Waals surface area contributed by atoms with E-state index >= 15 is 0 Å². The lowest BCUT2D eigenvalue weighted by Gasteiger charge is -1.96. The second-order valence-corrected chi connectivity index (χ2v) is 3.69. The van der Waals surface area contributed by atoms with E-state index in [1.165, 1.54) is 23.9 Å². The molecular weight excluding hydrogens is 186 g/mol. The molecule has 13 heavy (non-hydrogen) atoms. The monoisotopic (exact) mass is 193 g/mol. The summed E-state index contributed by atoms with van der Waals surface area (Å²) in [4.78, 5) is 3.99. The highest BCUT2D eigenvalue weighted by atomic mass is 35.5. The first-order valence-corrected chi connectivity index (χ1v) is 4.73. The minimum atomic E-state index is 0.568. The molecule has 0 atom stereocenters. The van der Waals surface area contributed by atoms with Crippen LogP contribution in [0.1, 0.15) is 17.5 Å². The highest BCUT2D eigenvalue weighted by molar-refractivity contribution is 6.32. The first kappa shape index (κ1) is 7.33. The molecule has 66 valence electrons. The molecule has 2 heterocycles. The van der Waals surface area contributed by atoms with Crippen molar-refractivity contribution in [1.82, 2.24) is 14.6 Å². The number of halogens is 1. The Morgan fingerprint density at radius 1 is 1.38 bits per heavy atom. The summed E-state index contributed by atoms with van der Waals surface area (Å²) in [6.07, 6.45) is 7.04. The fraction of sp³-hybridized carbons (Fsp3) is 0.333. The van der Waals surface area contributed by atoms with Crippen molar-refractivity contribution >= 4 is 17.1 Å². The van der Waals surface area contributed by atoms with E-state index in [1.807, 2.05) is 4.52 Å². The number of hydrogen-bond acceptors (Lipinski definition) is 2. The van der Waals surface area contributed by atoms with E-state index in [9.17, 15) is 0 Å². The number of fused-ring (bicyclic) bond motifs is 3. The van der Waals surface area contributed by atoms with Crippen LogP contribution in [0.25, 0.3) is 5.52 Å². The molecule has 2 aromatic rings. The van der Waals surface area contributed by atoms with E-state index in [1.54, 1.807) is 0 Å². The molecule has 1 aliphatic rings. The molecule has 3 rings (SSSR count). The molecule has 0 amide bonds. The third kappa shape index (κ3) is 0.907. The average molecular weight is 194 g/mol. The van der Waals surface area contributed by atoms with Crippen LogP contribution in [0.4, 0.5) is 0 Å². The van der Waals surface area contributed by atoms with Gasteiger partial charge in [0.1, 0.15) is 11.8 Å². The summed E-state index contributed by atoms with van der Waals surface area (Å²) in [5.74, 6) is 0. The Morgan fingerprint density at radius 3 is 3.23 bits per heavy atom. The van der Waals surface area contributed by atoms with Crippen molar-refractivity contribution in [3.05, 3.63) is 28.8 Å². The van der Waals surface area contributed by atoms with E-state index in [0.29, 0.717) is 5.15 Å². The van der Waals surface area contributed by atoms with Crippen LogP contribution in [-0.2, 0) is 12.8 Å². The van der Waals surface area contributed by atoms with Gasteiger partial charge in [0.05, 0.1) is 0 Å². The predicted octanol–water partition coefficient (Wildman–Crippen LogP) is 1.87. The predicted molar refractivity (Wildman–Crippen MR) is 50.0 cm³/mol. The van der Waals surface area contributed by atoms with E-state index in [4.69, 9.17) is 11.6 Å². The zero-order valence-corrected chi connectivity index (χ0v) is 7.75. The summed E-state index contributed by atoms with van der Waals surface area (Å²) >= 11 is 6.01. The maximum Gasteiger partial charge on any atom is 0.156 e. The molecule has 0 radical (unpaired) electrons. The molecule has 0 spiro atoms. The Bertz CT molecular complexity index is 475. The molecule has 0 unspecified atom stereocenters. The standard InChI is InChI=1S/C9H8ClN3/c10-9-8-7-3-1-2-6(7)4-13(8)12-5-11-9/h4-5H,1-3H2. The Hall–Kier alpha value is -1.09. The van der Waals surface area contributed by atoms with Gasteiger partial charge in [-0.2, -0.15) is 5.10 Å². The molecule has 0 aliphatic heterocycles. The lowest BCUT2D eigenvalue weighted by Crippen LogP contribution is -1.93. The van der Waals surface area contributed by atoms with Gasteiger partial charge in [-0.25, -0.2) is 9.50 Å². The fourth-order valence-corrected chi connectivity index (χ4v) is 2.28. The molecule has 0 fully saturated rings. The van der Waals surface area contributed by atoms with Crippen LogP contribution in [0.15, 0.2) is 12.5 Å². The van der Waals surface area contributed by atoms with Crippen LogP contribution in [0.3, 0.4) is 0 Å². The summed E-state index contributed by atoms with van der Waals surface area (Å²) in [7, 11) is 0. The van der Waals surface area contributed by atoms with Crippen molar-refractivity contribution in [3.63, 3.8) is 0 Å². The van der Waals surface area contributed by atoms with Gasteiger partial charge in [-0.3, -0.25) is 0 Å². The average Bonchev–Trinajstić information content (AvgIpc) is 2.62. The van der Waals surface area contributed by atoms with Crippen molar-refractivity contribution in [2.75, 3.05) is 0 Å². The largest absolute Gasteiger partial charge is 0.236 e. The van der Waals surface area contributed by atoms with Gasteiger partial charge in [0.2, 0.25) is 0 Å². The molecule has 2 aromatic heterocycles. The Labute approximate surface area is 80.3 Å². The van der Waals surface area contributed by atoms with Crippen molar-refractivity contribution in [2.45, 2.75) is 19.3 Å². The molecular formula is C9H8ClN3. The smallest absolute Gasteiger partial charge is 0.156 e. The maximum atomic E-state index is 6.01. The van der Waals surface area contributed by atoms with Gasteiger partial charge in [-0.1, -0.05) is 11.6 Å². The molecule has 0 saturated heterocycles.